The van der Waals surface area contributed by atoms with Gasteiger partial charge in [-0.05, 0) is 22.8 Å². The Labute approximate surface area is 170 Å². The molecule has 1 amide bonds. The summed E-state index contributed by atoms with van der Waals surface area (Å²) in [6.07, 6.45) is 3.13. The van der Waals surface area contributed by atoms with Gasteiger partial charge in [0.15, 0.2) is 0 Å². The molecule has 0 saturated carbocycles. The first-order chi connectivity index (χ1) is 14.3. The second kappa shape index (κ2) is 7.79. The van der Waals surface area contributed by atoms with Gasteiger partial charge in [0.25, 0.3) is 0 Å². The van der Waals surface area contributed by atoms with Crippen molar-refractivity contribution in [3.8, 4) is 0 Å². The Morgan fingerprint density at radius 2 is 1.86 bits per heavy atom. The summed E-state index contributed by atoms with van der Waals surface area (Å²) < 4.78 is 5.40. The highest BCUT2D eigenvalue weighted by molar-refractivity contribution is 5.86. The number of ether oxygens (including phenoxy) is 1. The molecule has 0 atom stereocenters. The number of morpholine rings is 1. The number of aryl methyl sites for hydroxylation is 1. The van der Waals surface area contributed by atoms with E-state index in [1.54, 1.807) is 0 Å². The molecule has 0 N–H and O–H groups in total. The zero-order chi connectivity index (χ0) is 19.6. The average Bonchev–Trinajstić information content (AvgIpc) is 3.21. The normalized spacial score (nSPS) is 16.3. The lowest BCUT2D eigenvalue weighted by atomic mass is 10.0. The Bertz CT molecular complexity index is 1040. The van der Waals surface area contributed by atoms with Gasteiger partial charge in [-0.1, -0.05) is 42.5 Å². The van der Waals surface area contributed by atoms with Crippen LogP contribution in [0, 0.1) is 0 Å². The van der Waals surface area contributed by atoms with Crippen LogP contribution in [0.1, 0.15) is 23.2 Å². The molecule has 2 aliphatic rings. The van der Waals surface area contributed by atoms with Gasteiger partial charge in [-0.15, -0.1) is 0 Å². The molecule has 1 aromatic heterocycles. The van der Waals surface area contributed by atoms with Crippen LogP contribution in [0.5, 0.6) is 0 Å². The quantitative estimate of drug-likeness (QED) is 0.688. The Hall–Kier alpha value is -2.99. The molecule has 0 aliphatic carbocycles. The topological polar surface area (TPSA) is 58.6 Å². The summed E-state index contributed by atoms with van der Waals surface area (Å²) >= 11 is 0. The second-order valence-electron chi connectivity index (χ2n) is 7.63. The predicted molar refractivity (Wildman–Crippen MR) is 112 cm³/mol. The molecular weight excluding hydrogens is 364 g/mol. The van der Waals surface area contributed by atoms with Crippen LogP contribution in [0.15, 0.2) is 48.7 Å². The van der Waals surface area contributed by atoms with Crippen molar-refractivity contribution < 1.29 is 9.53 Å². The molecule has 1 saturated heterocycles. The summed E-state index contributed by atoms with van der Waals surface area (Å²) in [4.78, 5) is 26.2. The lowest BCUT2D eigenvalue weighted by Gasteiger charge is -2.26. The first-order valence-corrected chi connectivity index (χ1v) is 10.2. The number of amides is 1. The molecule has 0 bridgehead atoms. The lowest BCUT2D eigenvalue weighted by Crippen LogP contribution is -2.37. The van der Waals surface area contributed by atoms with Crippen LogP contribution in [-0.2, 0) is 29.0 Å². The molecule has 6 heteroatoms. The van der Waals surface area contributed by atoms with Crippen molar-refractivity contribution in [3.63, 3.8) is 0 Å². The van der Waals surface area contributed by atoms with Crippen molar-refractivity contribution in [2.24, 2.45) is 0 Å². The van der Waals surface area contributed by atoms with Crippen molar-refractivity contribution in [1.29, 1.82) is 0 Å². The molecule has 0 spiro atoms. The van der Waals surface area contributed by atoms with Crippen LogP contribution in [0.4, 0.5) is 5.95 Å². The third-order valence-electron chi connectivity index (χ3n) is 5.78. The maximum atomic E-state index is 12.9. The maximum Gasteiger partial charge on any atom is 0.225 e. The maximum absolute atomic E-state index is 12.9. The third kappa shape index (κ3) is 3.68. The predicted octanol–water partition coefficient (Wildman–Crippen LogP) is 2.94. The highest BCUT2D eigenvalue weighted by atomic mass is 16.5. The number of aromatic nitrogens is 2. The number of carbonyl (C=O) groups excluding carboxylic acids is 1. The molecule has 6 nitrogen and oxygen atoms in total. The SMILES string of the molecule is O=C(CCc1cccc2ccccc12)N1Cc2cnc(N3CCOCC3)nc2C1. The highest BCUT2D eigenvalue weighted by Crippen LogP contribution is 2.25. The molecule has 3 aromatic rings. The van der Waals surface area contributed by atoms with Gasteiger partial charge in [0.2, 0.25) is 11.9 Å². The zero-order valence-electron chi connectivity index (χ0n) is 16.4. The minimum absolute atomic E-state index is 0.170. The zero-order valence-corrected chi connectivity index (χ0v) is 16.4. The molecule has 148 valence electrons. The van der Waals surface area contributed by atoms with Crippen LogP contribution in [0.25, 0.3) is 10.8 Å². The van der Waals surface area contributed by atoms with Gasteiger partial charge in [0.05, 0.1) is 25.5 Å². The molecule has 5 rings (SSSR count). The summed E-state index contributed by atoms with van der Waals surface area (Å²) in [6, 6.07) is 14.6. The van der Waals surface area contributed by atoms with Crippen molar-refractivity contribution in [2.75, 3.05) is 31.2 Å². The summed E-state index contributed by atoms with van der Waals surface area (Å²) in [5.74, 6) is 0.918. The second-order valence-corrected chi connectivity index (χ2v) is 7.63. The average molecular weight is 388 g/mol. The van der Waals surface area contributed by atoms with Crippen LogP contribution in [0.2, 0.25) is 0 Å². The summed E-state index contributed by atoms with van der Waals surface area (Å²) in [7, 11) is 0. The van der Waals surface area contributed by atoms with Crippen molar-refractivity contribution in [2.45, 2.75) is 25.9 Å². The smallest absolute Gasteiger partial charge is 0.225 e. The minimum Gasteiger partial charge on any atom is -0.378 e. The van der Waals surface area contributed by atoms with Gasteiger partial charge in [-0.3, -0.25) is 4.79 Å². The van der Waals surface area contributed by atoms with E-state index in [2.05, 4.69) is 46.3 Å². The molecule has 2 aliphatic heterocycles. The van der Waals surface area contributed by atoms with Crippen molar-refractivity contribution in [1.82, 2.24) is 14.9 Å². The molecule has 0 radical (unpaired) electrons. The van der Waals surface area contributed by atoms with E-state index in [4.69, 9.17) is 9.72 Å². The fourth-order valence-corrected chi connectivity index (χ4v) is 4.15. The minimum atomic E-state index is 0.170. The van der Waals surface area contributed by atoms with E-state index in [1.807, 2.05) is 17.2 Å². The van der Waals surface area contributed by atoms with E-state index < -0.39 is 0 Å². The first kappa shape index (κ1) is 18.1. The number of nitrogens with zero attached hydrogens (tertiary/aromatic N) is 4. The van der Waals surface area contributed by atoms with E-state index in [-0.39, 0.29) is 5.91 Å². The van der Waals surface area contributed by atoms with Crippen LogP contribution < -0.4 is 4.90 Å². The lowest BCUT2D eigenvalue weighted by molar-refractivity contribution is -0.131. The molecule has 1 fully saturated rings. The monoisotopic (exact) mass is 388 g/mol. The Kier molecular flexibility index (Phi) is 4.86. The van der Waals surface area contributed by atoms with Gasteiger partial charge in [-0.2, -0.15) is 0 Å². The number of benzene rings is 2. The van der Waals surface area contributed by atoms with Gasteiger partial charge in [-0.25, -0.2) is 9.97 Å². The van der Waals surface area contributed by atoms with Gasteiger partial charge in [0.1, 0.15) is 0 Å². The third-order valence-corrected chi connectivity index (χ3v) is 5.78. The van der Waals surface area contributed by atoms with E-state index >= 15 is 0 Å². The van der Waals surface area contributed by atoms with E-state index in [0.29, 0.717) is 32.7 Å². The summed E-state index contributed by atoms with van der Waals surface area (Å²) in [5, 5.41) is 2.45. The number of fused-ring (bicyclic) bond motifs is 2. The van der Waals surface area contributed by atoms with Gasteiger partial charge in [0, 0.05) is 37.8 Å². The number of rotatable bonds is 4. The first-order valence-electron chi connectivity index (χ1n) is 10.2. The Morgan fingerprint density at radius 3 is 2.76 bits per heavy atom. The molecule has 29 heavy (non-hydrogen) atoms. The van der Waals surface area contributed by atoms with Gasteiger partial charge >= 0.3 is 0 Å². The van der Waals surface area contributed by atoms with Crippen molar-refractivity contribution >= 4 is 22.6 Å². The summed E-state index contributed by atoms with van der Waals surface area (Å²) in [6.45, 7) is 4.22. The fraction of sp³-hybridized carbons (Fsp3) is 0.348. The van der Waals surface area contributed by atoms with Crippen LogP contribution in [0.3, 0.4) is 0 Å². The highest BCUT2D eigenvalue weighted by Gasteiger charge is 2.26. The standard InChI is InChI=1S/C23H24N4O2/c28-22(9-8-18-6-3-5-17-4-1-2-7-20(17)18)27-15-19-14-24-23(25-21(19)16-27)26-10-12-29-13-11-26/h1-7,14H,8-13,15-16H2. The number of hydrogen-bond acceptors (Lipinski definition) is 5. The summed E-state index contributed by atoms with van der Waals surface area (Å²) in [5.41, 5.74) is 3.25. The number of hydrogen-bond donors (Lipinski definition) is 0. The van der Waals surface area contributed by atoms with Crippen LogP contribution >= 0.6 is 0 Å². The largest absolute Gasteiger partial charge is 0.378 e. The fourth-order valence-electron chi connectivity index (χ4n) is 4.15. The molecule has 3 heterocycles. The number of carbonyl (C=O) groups is 1. The molecule has 0 unspecified atom stereocenters. The van der Waals surface area contributed by atoms with Crippen LogP contribution in [-0.4, -0.2) is 47.1 Å². The van der Waals surface area contributed by atoms with E-state index in [9.17, 15) is 4.79 Å². The Balaban J connectivity index is 1.25. The molecular formula is C23H24N4O2. The molecule has 2 aromatic carbocycles. The number of anilines is 1. The van der Waals surface area contributed by atoms with E-state index in [1.165, 1.54) is 16.3 Å². The Morgan fingerprint density at radius 1 is 1.03 bits per heavy atom. The van der Waals surface area contributed by atoms with Crippen molar-refractivity contribution in [3.05, 3.63) is 65.5 Å². The van der Waals surface area contributed by atoms with Gasteiger partial charge < -0.3 is 14.5 Å². The van der Waals surface area contributed by atoms with E-state index in [0.717, 1.165) is 36.7 Å².